The van der Waals surface area contributed by atoms with Crippen molar-refractivity contribution in [1.82, 2.24) is 5.32 Å². The maximum absolute atomic E-state index is 13.4. The Morgan fingerprint density at radius 2 is 1.73 bits per heavy atom. The lowest BCUT2D eigenvalue weighted by molar-refractivity contribution is -0.143. The van der Waals surface area contributed by atoms with Crippen LogP contribution in [0.2, 0.25) is 0 Å². The number of nitrogens with one attached hydrogen (secondary N) is 1. The molecule has 0 spiro atoms. The summed E-state index contributed by atoms with van der Waals surface area (Å²) in [4.78, 5) is 25.7. The Bertz CT molecular complexity index is 1250. The molecule has 1 amide bonds. The van der Waals surface area contributed by atoms with Crippen LogP contribution in [0.25, 0.3) is 11.1 Å². The number of esters is 1. The zero-order chi connectivity index (χ0) is 26.4. The molecule has 0 aromatic heterocycles. The number of ether oxygens (including phenoxy) is 4. The molecule has 7 heteroatoms. The Morgan fingerprint density at radius 3 is 2.46 bits per heavy atom. The molecule has 1 N–H and O–H groups in total. The lowest BCUT2D eigenvalue weighted by atomic mass is 9.94. The minimum absolute atomic E-state index is 0.203. The summed E-state index contributed by atoms with van der Waals surface area (Å²) in [6.45, 7) is 6.64. The number of methoxy groups -OCH3 is 1. The molecule has 0 aliphatic carbocycles. The highest BCUT2D eigenvalue weighted by molar-refractivity contribution is 6.03. The summed E-state index contributed by atoms with van der Waals surface area (Å²) in [5, 5.41) is 2.87. The van der Waals surface area contributed by atoms with E-state index in [0.717, 1.165) is 16.9 Å². The van der Waals surface area contributed by atoms with E-state index < -0.39 is 12.0 Å². The average Bonchev–Trinajstić information content (AvgIpc) is 2.90. The van der Waals surface area contributed by atoms with E-state index in [2.05, 4.69) is 5.32 Å². The standard InChI is InChI=1S/C30H33NO6/c1-19(2)15-26(30(33)34-4)31-29(32)24-14-13-21(16-25(24)23-10-6-5-9-20(23)3)35-17-22-18-36-27-11-7-8-12-28(27)37-22/h5-14,16,19,22,26H,15,17-18H2,1-4H3,(H,31,32)/t22-,26+/m1/s1. The van der Waals surface area contributed by atoms with Gasteiger partial charge in [-0.05, 0) is 66.3 Å². The van der Waals surface area contributed by atoms with Crippen LogP contribution in [-0.4, -0.2) is 44.3 Å². The van der Waals surface area contributed by atoms with E-state index in [1.807, 2.05) is 75.4 Å². The number of rotatable bonds is 9. The van der Waals surface area contributed by atoms with Crippen LogP contribution in [-0.2, 0) is 9.53 Å². The first-order valence-electron chi connectivity index (χ1n) is 12.5. The van der Waals surface area contributed by atoms with E-state index in [1.165, 1.54) is 7.11 Å². The third kappa shape index (κ3) is 6.42. The van der Waals surface area contributed by atoms with Gasteiger partial charge in [-0.2, -0.15) is 0 Å². The molecule has 37 heavy (non-hydrogen) atoms. The van der Waals surface area contributed by atoms with Crippen molar-refractivity contribution in [1.29, 1.82) is 0 Å². The Hall–Kier alpha value is -4.00. The summed E-state index contributed by atoms with van der Waals surface area (Å²) >= 11 is 0. The lowest BCUT2D eigenvalue weighted by Crippen LogP contribution is -2.42. The second-order valence-corrected chi connectivity index (χ2v) is 9.51. The summed E-state index contributed by atoms with van der Waals surface area (Å²) < 4.78 is 22.8. The fourth-order valence-corrected chi connectivity index (χ4v) is 4.31. The molecule has 3 aromatic rings. The van der Waals surface area contributed by atoms with Gasteiger partial charge in [0, 0.05) is 5.56 Å². The minimum Gasteiger partial charge on any atom is -0.490 e. The number of aryl methyl sites for hydroxylation is 1. The number of carbonyl (C=O) groups is 2. The maximum atomic E-state index is 13.4. The van der Waals surface area contributed by atoms with E-state index >= 15 is 0 Å². The van der Waals surface area contributed by atoms with Crippen LogP contribution in [0.1, 0.15) is 36.2 Å². The Labute approximate surface area is 217 Å². The topological polar surface area (TPSA) is 83.1 Å². The normalized spacial score (nSPS) is 15.1. The molecule has 2 atom stereocenters. The second-order valence-electron chi connectivity index (χ2n) is 9.51. The highest BCUT2D eigenvalue weighted by atomic mass is 16.6. The van der Waals surface area contributed by atoms with Gasteiger partial charge in [0.2, 0.25) is 0 Å². The number of para-hydroxylation sites is 2. The van der Waals surface area contributed by atoms with Gasteiger partial charge in [0.25, 0.3) is 5.91 Å². The van der Waals surface area contributed by atoms with Gasteiger partial charge in [-0.25, -0.2) is 4.79 Å². The monoisotopic (exact) mass is 503 g/mol. The fourth-order valence-electron chi connectivity index (χ4n) is 4.31. The van der Waals surface area contributed by atoms with Crippen LogP contribution in [0.15, 0.2) is 66.7 Å². The van der Waals surface area contributed by atoms with Crippen molar-refractivity contribution in [3.05, 3.63) is 77.9 Å². The van der Waals surface area contributed by atoms with Crippen LogP contribution in [0, 0.1) is 12.8 Å². The van der Waals surface area contributed by atoms with Gasteiger partial charge in [-0.3, -0.25) is 4.79 Å². The number of hydrogen-bond donors (Lipinski definition) is 1. The molecule has 1 aliphatic heterocycles. The van der Waals surface area contributed by atoms with E-state index in [0.29, 0.717) is 35.7 Å². The van der Waals surface area contributed by atoms with Gasteiger partial charge in [0.05, 0.1) is 7.11 Å². The molecule has 0 radical (unpaired) electrons. The third-order valence-electron chi connectivity index (χ3n) is 6.17. The predicted octanol–water partition coefficient (Wildman–Crippen LogP) is 5.20. The van der Waals surface area contributed by atoms with Gasteiger partial charge in [-0.15, -0.1) is 0 Å². The first-order valence-corrected chi connectivity index (χ1v) is 12.5. The number of carbonyl (C=O) groups excluding carboxylic acids is 2. The van der Waals surface area contributed by atoms with Crippen LogP contribution in [0.4, 0.5) is 0 Å². The largest absolute Gasteiger partial charge is 0.490 e. The zero-order valence-electron chi connectivity index (χ0n) is 21.7. The molecule has 0 saturated heterocycles. The molecule has 0 fully saturated rings. The minimum atomic E-state index is -0.732. The quantitative estimate of drug-likeness (QED) is 0.404. The highest BCUT2D eigenvalue weighted by Gasteiger charge is 2.26. The van der Waals surface area contributed by atoms with E-state index in [1.54, 1.807) is 12.1 Å². The van der Waals surface area contributed by atoms with Crippen molar-refractivity contribution in [2.75, 3.05) is 20.3 Å². The lowest BCUT2D eigenvalue weighted by Gasteiger charge is -2.26. The van der Waals surface area contributed by atoms with Gasteiger partial charge < -0.3 is 24.3 Å². The first kappa shape index (κ1) is 26.1. The highest BCUT2D eigenvalue weighted by Crippen LogP contribution is 2.33. The van der Waals surface area contributed by atoms with Crippen LogP contribution in [0.3, 0.4) is 0 Å². The summed E-state index contributed by atoms with van der Waals surface area (Å²) in [5.41, 5.74) is 3.08. The van der Waals surface area contributed by atoms with Crippen molar-refractivity contribution in [3.8, 4) is 28.4 Å². The Kier molecular flexibility index (Phi) is 8.33. The molecule has 3 aromatic carbocycles. The summed E-state index contributed by atoms with van der Waals surface area (Å²) in [6.07, 6.45) is 0.211. The molecule has 0 saturated carbocycles. The third-order valence-corrected chi connectivity index (χ3v) is 6.17. The molecule has 4 rings (SSSR count). The molecule has 1 aliphatic rings. The fraction of sp³-hybridized carbons (Fsp3) is 0.333. The number of benzene rings is 3. The van der Waals surface area contributed by atoms with Crippen molar-refractivity contribution >= 4 is 11.9 Å². The summed E-state index contributed by atoms with van der Waals surface area (Å²) in [5.74, 6) is 1.41. The van der Waals surface area contributed by atoms with Crippen LogP contribution < -0.4 is 19.5 Å². The van der Waals surface area contributed by atoms with Gasteiger partial charge in [-0.1, -0.05) is 50.2 Å². The van der Waals surface area contributed by atoms with Crippen molar-refractivity contribution in [3.63, 3.8) is 0 Å². The van der Waals surface area contributed by atoms with Gasteiger partial charge >= 0.3 is 5.97 Å². The average molecular weight is 504 g/mol. The zero-order valence-corrected chi connectivity index (χ0v) is 21.7. The van der Waals surface area contributed by atoms with E-state index in [9.17, 15) is 9.59 Å². The summed E-state index contributed by atoms with van der Waals surface area (Å²) in [7, 11) is 1.33. The van der Waals surface area contributed by atoms with E-state index in [4.69, 9.17) is 18.9 Å². The van der Waals surface area contributed by atoms with Crippen molar-refractivity contribution < 1.29 is 28.5 Å². The Balaban J connectivity index is 1.57. The number of fused-ring (bicyclic) bond motifs is 1. The number of amides is 1. The Morgan fingerprint density at radius 1 is 1.00 bits per heavy atom. The smallest absolute Gasteiger partial charge is 0.328 e. The van der Waals surface area contributed by atoms with Gasteiger partial charge in [0.15, 0.2) is 17.6 Å². The van der Waals surface area contributed by atoms with Crippen LogP contribution >= 0.6 is 0 Å². The molecular weight excluding hydrogens is 470 g/mol. The maximum Gasteiger partial charge on any atom is 0.328 e. The first-order chi connectivity index (χ1) is 17.9. The molecule has 7 nitrogen and oxygen atoms in total. The van der Waals surface area contributed by atoms with Crippen LogP contribution in [0.5, 0.6) is 17.2 Å². The SMILES string of the molecule is COC(=O)[C@H](CC(C)C)NC(=O)c1ccc(OC[C@@H]2COc3ccccc3O2)cc1-c1ccccc1C. The van der Waals surface area contributed by atoms with E-state index in [-0.39, 0.29) is 24.5 Å². The molecular formula is C30H33NO6. The predicted molar refractivity (Wildman–Crippen MR) is 141 cm³/mol. The number of hydrogen-bond acceptors (Lipinski definition) is 6. The van der Waals surface area contributed by atoms with Crippen molar-refractivity contribution in [2.24, 2.45) is 5.92 Å². The van der Waals surface area contributed by atoms with Crippen molar-refractivity contribution in [2.45, 2.75) is 39.3 Å². The summed E-state index contributed by atoms with van der Waals surface area (Å²) in [6, 6.07) is 20.0. The van der Waals surface area contributed by atoms with Gasteiger partial charge in [0.1, 0.15) is 25.0 Å². The molecule has 0 bridgehead atoms. The molecule has 1 heterocycles. The second kappa shape index (κ2) is 11.8. The molecule has 0 unspecified atom stereocenters. The molecule has 194 valence electrons.